The molecule has 0 saturated heterocycles. The summed E-state index contributed by atoms with van der Waals surface area (Å²) in [6.07, 6.45) is 1.77. The molecular formula is C14H14ClFN2O2. The summed E-state index contributed by atoms with van der Waals surface area (Å²) in [6, 6.07) is 5.89. The van der Waals surface area contributed by atoms with Crippen LogP contribution in [0.3, 0.4) is 0 Å². The number of amides is 1. The summed E-state index contributed by atoms with van der Waals surface area (Å²) < 4.78 is 18.4. The van der Waals surface area contributed by atoms with E-state index in [1.54, 1.807) is 13.2 Å². The second kappa shape index (κ2) is 8.31. The number of nitrogens with zero attached hydrogens (tertiary/aromatic N) is 1. The Labute approximate surface area is 121 Å². The Balaban J connectivity index is 2.82. The van der Waals surface area contributed by atoms with Crippen LogP contribution in [-0.2, 0) is 9.53 Å². The van der Waals surface area contributed by atoms with E-state index in [-0.39, 0.29) is 16.2 Å². The van der Waals surface area contributed by atoms with Gasteiger partial charge in [-0.15, -0.1) is 0 Å². The minimum Gasteiger partial charge on any atom is -0.385 e. The molecule has 0 aromatic heterocycles. The van der Waals surface area contributed by atoms with Gasteiger partial charge >= 0.3 is 0 Å². The van der Waals surface area contributed by atoms with Crippen LogP contribution in [0.2, 0.25) is 5.02 Å². The van der Waals surface area contributed by atoms with E-state index < -0.39 is 11.7 Å². The number of rotatable bonds is 6. The highest BCUT2D eigenvalue weighted by Crippen LogP contribution is 2.21. The van der Waals surface area contributed by atoms with E-state index in [9.17, 15) is 9.18 Å². The maximum atomic E-state index is 13.6. The molecule has 6 heteroatoms. The van der Waals surface area contributed by atoms with E-state index in [1.807, 2.05) is 0 Å². The minimum atomic E-state index is -0.586. The molecule has 0 fully saturated rings. The van der Waals surface area contributed by atoms with Crippen molar-refractivity contribution in [3.63, 3.8) is 0 Å². The lowest BCUT2D eigenvalue weighted by molar-refractivity contribution is -0.117. The summed E-state index contributed by atoms with van der Waals surface area (Å²) in [6.45, 7) is 0.877. The standard InChI is InChI=1S/C14H14ClFN2O2/c1-20-7-3-6-18-14(19)10(9-17)8-11-12(15)4-2-5-13(11)16/h2,4-5,8H,3,6-7H2,1H3,(H,18,19). The molecule has 1 N–H and O–H groups in total. The molecule has 0 atom stereocenters. The largest absolute Gasteiger partial charge is 0.385 e. The summed E-state index contributed by atoms with van der Waals surface area (Å²) in [5.74, 6) is -1.15. The Kier molecular flexibility index (Phi) is 6.71. The van der Waals surface area contributed by atoms with Gasteiger partial charge in [0.2, 0.25) is 0 Å². The quantitative estimate of drug-likeness (QED) is 0.498. The molecule has 4 nitrogen and oxygen atoms in total. The van der Waals surface area contributed by atoms with Gasteiger partial charge in [-0.1, -0.05) is 17.7 Å². The van der Waals surface area contributed by atoms with Crippen LogP contribution >= 0.6 is 11.6 Å². The molecule has 1 aromatic carbocycles. The zero-order valence-electron chi connectivity index (χ0n) is 11.0. The predicted molar refractivity (Wildman–Crippen MR) is 74.5 cm³/mol. The smallest absolute Gasteiger partial charge is 0.261 e. The van der Waals surface area contributed by atoms with Crippen LogP contribution < -0.4 is 5.32 Å². The topological polar surface area (TPSA) is 62.1 Å². The van der Waals surface area contributed by atoms with Gasteiger partial charge in [-0.2, -0.15) is 5.26 Å². The van der Waals surface area contributed by atoms with E-state index >= 15 is 0 Å². The third kappa shape index (κ3) is 4.65. The first kappa shape index (κ1) is 16.2. The highest BCUT2D eigenvalue weighted by Gasteiger charge is 2.11. The van der Waals surface area contributed by atoms with Crippen molar-refractivity contribution < 1.29 is 13.9 Å². The number of carbonyl (C=O) groups excluding carboxylic acids is 1. The van der Waals surface area contributed by atoms with Crippen molar-refractivity contribution in [3.05, 3.63) is 40.2 Å². The average Bonchev–Trinajstić information content (AvgIpc) is 2.43. The molecule has 106 valence electrons. The number of carbonyl (C=O) groups is 1. The molecule has 20 heavy (non-hydrogen) atoms. The van der Waals surface area contributed by atoms with Crippen LogP contribution in [0.25, 0.3) is 6.08 Å². The summed E-state index contributed by atoms with van der Waals surface area (Å²) in [4.78, 5) is 11.8. The maximum Gasteiger partial charge on any atom is 0.261 e. The zero-order valence-corrected chi connectivity index (χ0v) is 11.7. The van der Waals surface area contributed by atoms with E-state index in [1.165, 1.54) is 18.2 Å². The maximum absolute atomic E-state index is 13.6. The van der Waals surface area contributed by atoms with Crippen molar-refractivity contribution in [2.75, 3.05) is 20.3 Å². The highest BCUT2D eigenvalue weighted by atomic mass is 35.5. The van der Waals surface area contributed by atoms with Crippen molar-refractivity contribution in [3.8, 4) is 6.07 Å². The molecule has 0 radical (unpaired) electrons. The zero-order chi connectivity index (χ0) is 15.0. The van der Waals surface area contributed by atoms with Crippen molar-refractivity contribution in [1.29, 1.82) is 5.26 Å². The number of ether oxygens (including phenoxy) is 1. The molecule has 0 heterocycles. The van der Waals surface area contributed by atoms with Gasteiger partial charge in [-0.3, -0.25) is 4.79 Å². The van der Waals surface area contributed by atoms with Gasteiger partial charge in [0, 0.05) is 25.8 Å². The van der Waals surface area contributed by atoms with Crippen molar-refractivity contribution >= 4 is 23.6 Å². The first-order chi connectivity index (χ1) is 9.60. The Morgan fingerprint density at radius 3 is 2.95 bits per heavy atom. The van der Waals surface area contributed by atoms with Crippen LogP contribution in [0.1, 0.15) is 12.0 Å². The molecular weight excluding hydrogens is 283 g/mol. The van der Waals surface area contributed by atoms with Crippen molar-refractivity contribution in [1.82, 2.24) is 5.32 Å². The van der Waals surface area contributed by atoms with Gasteiger partial charge in [-0.05, 0) is 24.6 Å². The fourth-order valence-corrected chi connectivity index (χ4v) is 1.67. The highest BCUT2D eigenvalue weighted by molar-refractivity contribution is 6.32. The van der Waals surface area contributed by atoms with Gasteiger partial charge in [0.15, 0.2) is 0 Å². The number of benzene rings is 1. The number of nitriles is 1. The number of halogens is 2. The Hall–Kier alpha value is -1.90. The second-order valence-corrected chi connectivity index (χ2v) is 4.31. The first-order valence-corrected chi connectivity index (χ1v) is 6.31. The number of hydrogen-bond acceptors (Lipinski definition) is 3. The lowest BCUT2D eigenvalue weighted by Gasteiger charge is -2.05. The number of methoxy groups -OCH3 is 1. The number of nitrogens with one attached hydrogen (secondary N) is 1. The van der Waals surface area contributed by atoms with Crippen molar-refractivity contribution in [2.45, 2.75) is 6.42 Å². The fraction of sp³-hybridized carbons (Fsp3) is 0.286. The lowest BCUT2D eigenvalue weighted by atomic mass is 10.1. The summed E-state index contributed by atoms with van der Waals surface area (Å²) >= 11 is 5.84. The molecule has 1 aromatic rings. The van der Waals surface area contributed by atoms with Gasteiger partial charge in [0.05, 0.1) is 5.02 Å². The molecule has 0 aliphatic heterocycles. The third-order valence-corrected chi connectivity index (χ3v) is 2.79. The van der Waals surface area contributed by atoms with Crippen molar-refractivity contribution in [2.24, 2.45) is 0 Å². The molecule has 0 bridgehead atoms. The van der Waals surface area contributed by atoms with Crippen LogP contribution in [0.4, 0.5) is 4.39 Å². The lowest BCUT2D eigenvalue weighted by Crippen LogP contribution is -2.26. The normalized spacial score (nSPS) is 11.0. The molecule has 0 saturated carbocycles. The fourth-order valence-electron chi connectivity index (χ4n) is 1.46. The Bertz CT molecular complexity index is 532. The summed E-state index contributed by atoms with van der Waals surface area (Å²) in [5.41, 5.74) is -0.174. The van der Waals surface area contributed by atoms with Crippen LogP contribution in [0, 0.1) is 17.1 Å². The van der Waals surface area contributed by atoms with E-state index in [2.05, 4.69) is 5.32 Å². The molecule has 1 amide bonds. The summed E-state index contributed by atoms with van der Waals surface area (Å²) in [7, 11) is 1.56. The molecule has 0 aliphatic rings. The molecule has 1 rings (SSSR count). The Morgan fingerprint density at radius 2 is 2.35 bits per heavy atom. The monoisotopic (exact) mass is 296 g/mol. The molecule has 0 spiro atoms. The van der Waals surface area contributed by atoms with Crippen LogP contribution in [0.15, 0.2) is 23.8 Å². The third-order valence-electron chi connectivity index (χ3n) is 2.46. The average molecular weight is 297 g/mol. The van der Waals surface area contributed by atoms with Gasteiger partial charge in [0.25, 0.3) is 5.91 Å². The predicted octanol–water partition coefficient (Wildman–Crippen LogP) is 2.54. The van der Waals surface area contributed by atoms with Crippen LogP contribution in [0.5, 0.6) is 0 Å². The number of hydrogen-bond donors (Lipinski definition) is 1. The minimum absolute atomic E-state index is 0.0257. The first-order valence-electron chi connectivity index (χ1n) is 5.93. The molecule has 0 aliphatic carbocycles. The van der Waals surface area contributed by atoms with E-state index in [0.29, 0.717) is 19.6 Å². The van der Waals surface area contributed by atoms with E-state index in [4.69, 9.17) is 21.6 Å². The van der Waals surface area contributed by atoms with Gasteiger partial charge in [0.1, 0.15) is 17.5 Å². The SMILES string of the molecule is COCCCNC(=O)C(C#N)=Cc1c(F)cccc1Cl. The van der Waals surface area contributed by atoms with Gasteiger partial charge in [-0.25, -0.2) is 4.39 Å². The second-order valence-electron chi connectivity index (χ2n) is 3.91. The summed E-state index contributed by atoms with van der Waals surface area (Å²) in [5, 5.41) is 11.7. The van der Waals surface area contributed by atoms with Gasteiger partial charge < -0.3 is 10.1 Å². The van der Waals surface area contributed by atoms with Crippen LogP contribution in [-0.4, -0.2) is 26.2 Å². The Morgan fingerprint density at radius 1 is 1.60 bits per heavy atom. The molecule has 0 unspecified atom stereocenters. The van der Waals surface area contributed by atoms with E-state index in [0.717, 1.165) is 6.08 Å².